The standard InChI is InChI=1S/C10H15ClN2O/c1-5-3-7(11)6(2)9(10(5)14)8(13)4-12/h3,8,14H,4,12-13H2,1-2H3/t8-/m1/s1. The number of aryl methyl sites for hydroxylation is 1. The van der Waals surface area contributed by atoms with Crippen LogP contribution < -0.4 is 11.5 Å². The average molecular weight is 215 g/mol. The van der Waals surface area contributed by atoms with E-state index >= 15 is 0 Å². The van der Waals surface area contributed by atoms with E-state index in [1.165, 1.54) is 0 Å². The second kappa shape index (κ2) is 4.17. The molecule has 0 aliphatic carbocycles. The Balaban J connectivity index is 3.39. The Bertz CT molecular complexity index is 326. The Morgan fingerprint density at radius 2 is 2.07 bits per heavy atom. The quantitative estimate of drug-likeness (QED) is 0.701. The average Bonchev–Trinajstić information content (AvgIpc) is 2.15. The van der Waals surface area contributed by atoms with Gasteiger partial charge in [-0.15, -0.1) is 0 Å². The molecule has 0 heterocycles. The minimum Gasteiger partial charge on any atom is -0.507 e. The van der Waals surface area contributed by atoms with Gasteiger partial charge in [0.1, 0.15) is 5.75 Å². The van der Waals surface area contributed by atoms with Crippen molar-refractivity contribution >= 4 is 11.6 Å². The molecular formula is C10H15ClN2O. The van der Waals surface area contributed by atoms with Gasteiger partial charge in [-0.2, -0.15) is 0 Å². The third-order valence-electron chi connectivity index (χ3n) is 2.36. The highest BCUT2D eigenvalue weighted by molar-refractivity contribution is 6.31. The summed E-state index contributed by atoms with van der Waals surface area (Å²) in [5, 5.41) is 10.4. The number of halogens is 1. The number of phenolic OH excluding ortho intramolecular Hbond substituents is 1. The molecule has 0 radical (unpaired) electrons. The summed E-state index contributed by atoms with van der Waals surface area (Å²) in [4.78, 5) is 0. The van der Waals surface area contributed by atoms with E-state index in [0.29, 0.717) is 10.6 Å². The number of hydrogen-bond acceptors (Lipinski definition) is 3. The number of hydrogen-bond donors (Lipinski definition) is 3. The van der Waals surface area contributed by atoms with Crippen LogP contribution in [0.5, 0.6) is 5.75 Å². The van der Waals surface area contributed by atoms with Crippen molar-refractivity contribution in [1.29, 1.82) is 0 Å². The summed E-state index contributed by atoms with van der Waals surface area (Å²) in [6, 6.07) is 1.35. The number of rotatable bonds is 2. The Labute approximate surface area is 88.7 Å². The normalized spacial score (nSPS) is 12.9. The number of phenols is 1. The molecule has 4 heteroatoms. The molecule has 78 valence electrons. The minimum atomic E-state index is -0.368. The lowest BCUT2D eigenvalue weighted by Gasteiger charge is -2.17. The first-order chi connectivity index (χ1) is 6.49. The maximum absolute atomic E-state index is 9.81. The van der Waals surface area contributed by atoms with Crippen LogP contribution in [0.4, 0.5) is 0 Å². The Kier molecular flexibility index (Phi) is 3.37. The molecular weight excluding hydrogens is 200 g/mol. The van der Waals surface area contributed by atoms with Crippen LogP contribution in [0.15, 0.2) is 6.07 Å². The van der Waals surface area contributed by atoms with Gasteiger partial charge in [0.2, 0.25) is 0 Å². The number of benzene rings is 1. The van der Waals surface area contributed by atoms with E-state index < -0.39 is 0 Å². The van der Waals surface area contributed by atoms with Gasteiger partial charge in [-0.1, -0.05) is 11.6 Å². The molecule has 0 spiro atoms. The van der Waals surface area contributed by atoms with E-state index in [4.69, 9.17) is 23.1 Å². The summed E-state index contributed by atoms with van der Waals surface area (Å²) in [6.07, 6.45) is 0. The lowest BCUT2D eigenvalue weighted by atomic mass is 9.98. The van der Waals surface area contributed by atoms with Crippen molar-refractivity contribution in [3.8, 4) is 5.75 Å². The van der Waals surface area contributed by atoms with Crippen LogP contribution in [0, 0.1) is 13.8 Å². The molecule has 0 saturated carbocycles. The second-order valence-electron chi connectivity index (χ2n) is 3.40. The molecule has 0 fully saturated rings. The van der Waals surface area contributed by atoms with Crippen molar-refractivity contribution in [3.05, 3.63) is 27.8 Å². The molecule has 1 aromatic rings. The molecule has 0 unspecified atom stereocenters. The van der Waals surface area contributed by atoms with Gasteiger partial charge in [-0.3, -0.25) is 0 Å². The molecule has 3 nitrogen and oxygen atoms in total. The number of aromatic hydroxyl groups is 1. The first-order valence-electron chi connectivity index (χ1n) is 4.43. The third kappa shape index (κ3) is 1.85. The molecule has 5 N–H and O–H groups in total. The van der Waals surface area contributed by atoms with Crippen molar-refractivity contribution in [1.82, 2.24) is 0 Å². The van der Waals surface area contributed by atoms with Crippen molar-refractivity contribution in [2.45, 2.75) is 19.9 Å². The molecule has 14 heavy (non-hydrogen) atoms. The Morgan fingerprint density at radius 3 is 2.57 bits per heavy atom. The Hall–Kier alpha value is -0.770. The van der Waals surface area contributed by atoms with Crippen LogP contribution in [-0.2, 0) is 0 Å². The van der Waals surface area contributed by atoms with Crippen molar-refractivity contribution in [2.75, 3.05) is 6.54 Å². The zero-order chi connectivity index (χ0) is 10.9. The van der Waals surface area contributed by atoms with Gasteiger partial charge in [-0.05, 0) is 31.0 Å². The molecule has 0 bridgehead atoms. The zero-order valence-corrected chi connectivity index (χ0v) is 9.10. The van der Waals surface area contributed by atoms with Crippen LogP contribution in [0.1, 0.15) is 22.7 Å². The summed E-state index contributed by atoms with van der Waals surface area (Å²) in [5.74, 6) is 0.199. The van der Waals surface area contributed by atoms with Gasteiger partial charge in [0.25, 0.3) is 0 Å². The van der Waals surface area contributed by atoms with Crippen LogP contribution in [-0.4, -0.2) is 11.7 Å². The molecule has 1 aromatic carbocycles. The molecule has 0 saturated heterocycles. The lowest BCUT2D eigenvalue weighted by molar-refractivity contribution is 0.457. The molecule has 1 rings (SSSR count). The van der Waals surface area contributed by atoms with Crippen LogP contribution in [0.25, 0.3) is 0 Å². The highest BCUT2D eigenvalue weighted by atomic mass is 35.5. The van der Waals surface area contributed by atoms with Crippen LogP contribution in [0.2, 0.25) is 5.02 Å². The van der Waals surface area contributed by atoms with Gasteiger partial charge < -0.3 is 16.6 Å². The molecule has 0 amide bonds. The summed E-state index contributed by atoms with van der Waals surface area (Å²) in [7, 11) is 0. The monoisotopic (exact) mass is 214 g/mol. The van der Waals surface area contributed by atoms with Crippen LogP contribution in [0.3, 0.4) is 0 Å². The third-order valence-corrected chi connectivity index (χ3v) is 2.75. The summed E-state index contributed by atoms with van der Waals surface area (Å²) in [5.41, 5.74) is 13.4. The number of nitrogens with two attached hydrogens (primary N) is 2. The van der Waals surface area contributed by atoms with Crippen molar-refractivity contribution in [3.63, 3.8) is 0 Å². The predicted molar refractivity (Wildman–Crippen MR) is 58.6 cm³/mol. The fourth-order valence-corrected chi connectivity index (χ4v) is 1.72. The Morgan fingerprint density at radius 1 is 1.50 bits per heavy atom. The van der Waals surface area contributed by atoms with E-state index in [1.54, 1.807) is 13.0 Å². The second-order valence-corrected chi connectivity index (χ2v) is 3.81. The van der Waals surface area contributed by atoms with E-state index in [9.17, 15) is 5.11 Å². The van der Waals surface area contributed by atoms with Gasteiger partial charge in [0.15, 0.2) is 0 Å². The fourth-order valence-electron chi connectivity index (χ4n) is 1.46. The maximum atomic E-state index is 9.81. The smallest absolute Gasteiger partial charge is 0.123 e. The maximum Gasteiger partial charge on any atom is 0.123 e. The molecule has 0 aliphatic heterocycles. The first-order valence-corrected chi connectivity index (χ1v) is 4.81. The van der Waals surface area contributed by atoms with Gasteiger partial charge >= 0.3 is 0 Å². The highest BCUT2D eigenvalue weighted by Crippen LogP contribution is 2.34. The zero-order valence-electron chi connectivity index (χ0n) is 8.34. The summed E-state index contributed by atoms with van der Waals surface area (Å²) >= 11 is 5.98. The summed E-state index contributed by atoms with van der Waals surface area (Å²) in [6.45, 7) is 3.90. The van der Waals surface area contributed by atoms with E-state index in [2.05, 4.69) is 0 Å². The predicted octanol–water partition coefficient (Wildman–Crippen LogP) is 1.62. The van der Waals surface area contributed by atoms with E-state index in [1.807, 2.05) is 6.92 Å². The first kappa shape index (κ1) is 11.3. The molecule has 0 aliphatic rings. The van der Waals surface area contributed by atoms with Crippen LogP contribution >= 0.6 is 11.6 Å². The fraction of sp³-hybridized carbons (Fsp3) is 0.400. The lowest BCUT2D eigenvalue weighted by Crippen LogP contribution is -2.22. The largest absolute Gasteiger partial charge is 0.507 e. The van der Waals surface area contributed by atoms with E-state index in [0.717, 1.165) is 11.1 Å². The summed E-state index contributed by atoms with van der Waals surface area (Å²) < 4.78 is 0. The van der Waals surface area contributed by atoms with Gasteiger partial charge in [-0.25, -0.2) is 0 Å². The minimum absolute atomic E-state index is 0.199. The van der Waals surface area contributed by atoms with Gasteiger partial charge in [0.05, 0.1) is 0 Å². The van der Waals surface area contributed by atoms with Gasteiger partial charge in [0, 0.05) is 23.2 Å². The molecule has 1 atom stereocenters. The SMILES string of the molecule is Cc1cc(Cl)c(C)c([C@H](N)CN)c1O. The highest BCUT2D eigenvalue weighted by Gasteiger charge is 2.16. The van der Waals surface area contributed by atoms with Crippen molar-refractivity contribution < 1.29 is 5.11 Å². The topological polar surface area (TPSA) is 72.3 Å². The van der Waals surface area contributed by atoms with E-state index in [-0.39, 0.29) is 18.3 Å². The van der Waals surface area contributed by atoms with Crippen molar-refractivity contribution in [2.24, 2.45) is 11.5 Å². The molecule has 0 aromatic heterocycles.